The van der Waals surface area contributed by atoms with E-state index in [-0.39, 0.29) is 5.91 Å². The largest absolute Gasteiger partial charge is 0.465 e. The molecule has 0 unspecified atom stereocenters. The third-order valence-electron chi connectivity index (χ3n) is 4.67. The van der Waals surface area contributed by atoms with Crippen molar-refractivity contribution in [2.75, 3.05) is 12.4 Å². The first-order valence-corrected chi connectivity index (χ1v) is 8.43. The van der Waals surface area contributed by atoms with Gasteiger partial charge in [0.25, 0.3) is 0 Å². The molecular formula is C21H22N2O3. The zero-order chi connectivity index (χ0) is 18.9. The van der Waals surface area contributed by atoms with Gasteiger partial charge >= 0.3 is 5.97 Å². The van der Waals surface area contributed by atoms with Gasteiger partial charge < -0.3 is 15.0 Å². The smallest absolute Gasteiger partial charge is 0.339 e. The monoisotopic (exact) mass is 350 g/mol. The Kier molecular flexibility index (Phi) is 4.55. The summed E-state index contributed by atoms with van der Waals surface area (Å²) >= 11 is 0. The van der Waals surface area contributed by atoms with Crippen LogP contribution in [0.25, 0.3) is 10.9 Å². The number of anilines is 1. The first kappa shape index (κ1) is 17.7. The van der Waals surface area contributed by atoms with Gasteiger partial charge in [-0.25, -0.2) is 4.79 Å². The van der Waals surface area contributed by atoms with Gasteiger partial charge in [0, 0.05) is 16.6 Å². The van der Waals surface area contributed by atoms with E-state index in [2.05, 4.69) is 10.3 Å². The van der Waals surface area contributed by atoms with Gasteiger partial charge in [-0.3, -0.25) is 4.79 Å². The van der Waals surface area contributed by atoms with Gasteiger partial charge in [0.2, 0.25) is 5.91 Å². The van der Waals surface area contributed by atoms with Gasteiger partial charge in [0.05, 0.1) is 23.8 Å². The topological polar surface area (TPSA) is 71.2 Å². The highest BCUT2D eigenvalue weighted by atomic mass is 16.5. The lowest BCUT2D eigenvalue weighted by molar-refractivity contribution is -0.120. The van der Waals surface area contributed by atoms with Crippen LogP contribution < -0.4 is 5.32 Å². The van der Waals surface area contributed by atoms with Crippen molar-refractivity contribution in [1.29, 1.82) is 0 Å². The van der Waals surface area contributed by atoms with Gasteiger partial charge in [-0.2, -0.15) is 0 Å². The molecule has 0 saturated carbocycles. The van der Waals surface area contributed by atoms with Gasteiger partial charge in [0.1, 0.15) is 0 Å². The molecule has 0 saturated heterocycles. The minimum absolute atomic E-state index is 0.193. The molecule has 0 spiro atoms. The van der Waals surface area contributed by atoms with Crippen molar-refractivity contribution in [2.45, 2.75) is 26.2 Å². The van der Waals surface area contributed by atoms with Crippen molar-refractivity contribution in [3.05, 3.63) is 65.4 Å². The molecule has 134 valence electrons. The third-order valence-corrected chi connectivity index (χ3v) is 4.67. The molecular weight excluding hydrogens is 328 g/mol. The van der Waals surface area contributed by atoms with Crippen molar-refractivity contribution >= 4 is 28.5 Å². The second-order valence-electron chi connectivity index (χ2n) is 6.79. The first-order chi connectivity index (χ1) is 12.4. The van der Waals surface area contributed by atoms with Crippen molar-refractivity contribution < 1.29 is 14.3 Å². The molecule has 0 radical (unpaired) electrons. The number of hydrogen-bond acceptors (Lipinski definition) is 3. The molecule has 0 aliphatic heterocycles. The number of esters is 1. The number of aryl methyl sites for hydroxylation is 1. The number of fused-ring (bicyclic) bond motifs is 1. The number of nitrogens with one attached hydrogen (secondary N) is 2. The van der Waals surface area contributed by atoms with Crippen LogP contribution in [-0.4, -0.2) is 24.0 Å². The third kappa shape index (κ3) is 2.96. The number of hydrogen-bond donors (Lipinski definition) is 2. The number of carbonyl (C=O) groups is 2. The SMILES string of the molecule is COC(=O)c1ccccc1NC(=O)C(C)(C)c1c(C)[nH]c2ccccc12. The summed E-state index contributed by atoms with van der Waals surface area (Å²) in [6.07, 6.45) is 0. The standard InChI is InChI=1S/C21H22N2O3/c1-13-18(14-9-5-7-11-16(14)22-13)21(2,3)20(25)23-17-12-8-6-10-15(17)19(24)26-4/h5-12,22H,1-4H3,(H,23,25). The minimum Gasteiger partial charge on any atom is -0.465 e. The summed E-state index contributed by atoms with van der Waals surface area (Å²) in [6, 6.07) is 14.7. The molecule has 1 heterocycles. The molecule has 3 rings (SSSR count). The second-order valence-corrected chi connectivity index (χ2v) is 6.79. The van der Waals surface area contributed by atoms with E-state index >= 15 is 0 Å². The van der Waals surface area contributed by atoms with Crippen LogP contribution in [0.1, 0.15) is 35.5 Å². The Morgan fingerprint density at radius 2 is 1.69 bits per heavy atom. The highest BCUT2D eigenvalue weighted by Crippen LogP contribution is 2.34. The van der Waals surface area contributed by atoms with Crippen LogP contribution in [0.2, 0.25) is 0 Å². The Bertz CT molecular complexity index is 986. The summed E-state index contributed by atoms with van der Waals surface area (Å²) in [4.78, 5) is 28.4. The van der Waals surface area contributed by atoms with Crippen molar-refractivity contribution in [1.82, 2.24) is 4.98 Å². The fourth-order valence-electron chi connectivity index (χ4n) is 3.35. The number of carbonyl (C=O) groups excluding carboxylic acids is 2. The summed E-state index contributed by atoms with van der Waals surface area (Å²) in [5.41, 5.74) is 2.86. The number of methoxy groups -OCH3 is 1. The number of rotatable bonds is 4. The molecule has 1 amide bonds. The number of aromatic nitrogens is 1. The molecule has 0 fully saturated rings. The van der Waals surface area contributed by atoms with E-state index in [1.54, 1.807) is 24.3 Å². The van der Waals surface area contributed by atoms with Crippen LogP contribution >= 0.6 is 0 Å². The van der Waals surface area contributed by atoms with Gasteiger partial charge in [0.15, 0.2) is 0 Å². The van der Waals surface area contributed by atoms with Crippen LogP contribution in [-0.2, 0) is 14.9 Å². The number of para-hydroxylation sites is 2. The molecule has 0 bridgehead atoms. The van der Waals surface area contributed by atoms with Gasteiger partial charge in [-0.15, -0.1) is 0 Å². The molecule has 5 nitrogen and oxygen atoms in total. The zero-order valence-corrected chi connectivity index (χ0v) is 15.3. The lowest BCUT2D eigenvalue weighted by Gasteiger charge is -2.25. The maximum Gasteiger partial charge on any atom is 0.339 e. The van der Waals surface area contributed by atoms with E-state index in [1.165, 1.54) is 7.11 Å². The second kappa shape index (κ2) is 6.67. The zero-order valence-electron chi connectivity index (χ0n) is 15.3. The molecule has 5 heteroatoms. The number of H-pyrrole nitrogens is 1. The van der Waals surface area contributed by atoms with Crippen LogP contribution in [0.3, 0.4) is 0 Å². The Morgan fingerprint density at radius 3 is 2.42 bits per heavy atom. The van der Waals surface area contributed by atoms with E-state index in [0.717, 1.165) is 22.2 Å². The fraction of sp³-hybridized carbons (Fsp3) is 0.238. The number of ether oxygens (including phenoxy) is 1. The average Bonchev–Trinajstić information content (AvgIpc) is 2.97. The Hall–Kier alpha value is -3.08. The highest BCUT2D eigenvalue weighted by molar-refractivity contribution is 6.06. The van der Waals surface area contributed by atoms with Crippen LogP contribution in [0, 0.1) is 6.92 Å². The summed E-state index contributed by atoms with van der Waals surface area (Å²) in [5, 5.41) is 3.91. The Balaban J connectivity index is 1.99. The van der Waals surface area contributed by atoms with Crippen molar-refractivity contribution in [3.63, 3.8) is 0 Å². The maximum atomic E-state index is 13.1. The summed E-state index contributed by atoms with van der Waals surface area (Å²) in [5.74, 6) is -0.677. The lowest BCUT2D eigenvalue weighted by Crippen LogP contribution is -2.35. The number of amides is 1. The summed E-state index contributed by atoms with van der Waals surface area (Å²) in [6.45, 7) is 5.73. The van der Waals surface area contributed by atoms with Crippen molar-refractivity contribution in [2.24, 2.45) is 0 Å². The normalized spacial score (nSPS) is 11.4. The number of aromatic amines is 1. The molecule has 26 heavy (non-hydrogen) atoms. The highest BCUT2D eigenvalue weighted by Gasteiger charge is 2.34. The molecule has 0 aliphatic rings. The predicted octanol–water partition coefficient (Wildman–Crippen LogP) is 4.18. The van der Waals surface area contributed by atoms with Gasteiger partial charge in [-0.1, -0.05) is 30.3 Å². The average molecular weight is 350 g/mol. The molecule has 3 aromatic rings. The van der Waals surface area contributed by atoms with E-state index < -0.39 is 11.4 Å². The quantitative estimate of drug-likeness (QED) is 0.694. The Labute approximate surface area is 152 Å². The summed E-state index contributed by atoms with van der Waals surface area (Å²) in [7, 11) is 1.32. The lowest BCUT2D eigenvalue weighted by atomic mass is 9.81. The van der Waals surface area contributed by atoms with E-state index in [9.17, 15) is 9.59 Å². The first-order valence-electron chi connectivity index (χ1n) is 8.43. The molecule has 0 atom stereocenters. The van der Waals surface area contributed by atoms with Crippen LogP contribution in [0.5, 0.6) is 0 Å². The fourth-order valence-corrected chi connectivity index (χ4v) is 3.35. The predicted molar refractivity (Wildman–Crippen MR) is 102 cm³/mol. The minimum atomic E-state index is -0.799. The van der Waals surface area contributed by atoms with E-state index in [1.807, 2.05) is 45.0 Å². The molecule has 2 N–H and O–H groups in total. The van der Waals surface area contributed by atoms with Crippen molar-refractivity contribution in [3.8, 4) is 0 Å². The van der Waals surface area contributed by atoms with Crippen LogP contribution in [0.4, 0.5) is 5.69 Å². The molecule has 0 aliphatic carbocycles. The van der Waals surface area contributed by atoms with Crippen LogP contribution in [0.15, 0.2) is 48.5 Å². The van der Waals surface area contributed by atoms with E-state index in [0.29, 0.717) is 11.3 Å². The molecule has 2 aromatic carbocycles. The Morgan fingerprint density at radius 1 is 1.04 bits per heavy atom. The molecule has 1 aromatic heterocycles. The van der Waals surface area contributed by atoms with Gasteiger partial charge in [-0.05, 0) is 44.5 Å². The maximum absolute atomic E-state index is 13.1. The summed E-state index contributed by atoms with van der Waals surface area (Å²) < 4.78 is 4.80. The number of benzene rings is 2. The van der Waals surface area contributed by atoms with E-state index in [4.69, 9.17) is 4.74 Å².